The zero-order valence-corrected chi connectivity index (χ0v) is 11.8. The maximum Gasteiger partial charge on any atom is 0.134 e. The molecule has 2 aromatic rings. The summed E-state index contributed by atoms with van der Waals surface area (Å²) in [6.07, 6.45) is 0. The summed E-state index contributed by atoms with van der Waals surface area (Å²) in [5.74, 6) is -3.88. The second kappa shape index (κ2) is 6.45. The Bertz CT molecular complexity index is 637. The van der Waals surface area contributed by atoms with Crippen molar-refractivity contribution in [3.8, 4) is 0 Å². The van der Waals surface area contributed by atoms with E-state index in [1.54, 1.807) is 6.92 Å². The highest BCUT2D eigenvalue weighted by Crippen LogP contribution is 2.30. The van der Waals surface area contributed by atoms with Crippen molar-refractivity contribution in [3.05, 3.63) is 69.8 Å². The molecule has 0 aliphatic rings. The highest BCUT2D eigenvalue weighted by molar-refractivity contribution is 6.30. The summed E-state index contributed by atoms with van der Waals surface area (Å²) in [4.78, 5) is 0. The maximum atomic E-state index is 14.0. The second-order valence-electron chi connectivity index (χ2n) is 4.44. The lowest BCUT2D eigenvalue weighted by molar-refractivity contribution is 0.481. The Labute approximate surface area is 124 Å². The lowest BCUT2D eigenvalue weighted by atomic mass is 9.97. The van der Waals surface area contributed by atoms with E-state index in [0.29, 0.717) is 18.7 Å². The summed E-state index contributed by atoms with van der Waals surface area (Å²) < 4.78 is 54.8. The minimum absolute atomic E-state index is 0.0330. The van der Waals surface area contributed by atoms with Crippen LogP contribution in [0, 0.1) is 23.3 Å². The van der Waals surface area contributed by atoms with Gasteiger partial charge in [0.1, 0.15) is 23.3 Å². The molecule has 2 aromatic carbocycles. The average molecular weight is 318 g/mol. The summed E-state index contributed by atoms with van der Waals surface area (Å²) in [6.45, 7) is 2.04. The molecule has 1 nitrogen and oxygen atoms in total. The van der Waals surface area contributed by atoms with Crippen molar-refractivity contribution in [1.82, 2.24) is 5.32 Å². The lowest BCUT2D eigenvalue weighted by Gasteiger charge is -2.21. The van der Waals surface area contributed by atoms with E-state index in [2.05, 4.69) is 5.32 Å². The molecule has 1 unspecified atom stereocenters. The van der Waals surface area contributed by atoms with Gasteiger partial charge in [-0.1, -0.05) is 24.6 Å². The molecule has 0 aliphatic carbocycles. The van der Waals surface area contributed by atoms with Crippen molar-refractivity contribution in [3.63, 3.8) is 0 Å². The molecule has 0 fully saturated rings. The van der Waals surface area contributed by atoms with E-state index in [1.807, 2.05) is 0 Å². The largest absolute Gasteiger partial charge is 0.306 e. The van der Waals surface area contributed by atoms with Crippen LogP contribution in [0.3, 0.4) is 0 Å². The molecule has 0 aliphatic heterocycles. The molecule has 1 N–H and O–H groups in total. The van der Waals surface area contributed by atoms with Crippen molar-refractivity contribution in [2.75, 3.05) is 6.54 Å². The fraction of sp³-hybridized carbons (Fsp3) is 0.200. The molecular formula is C15H12ClF4N. The molecule has 112 valence electrons. The Morgan fingerprint density at radius 3 is 2.14 bits per heavy atom. The van der Waals surface area contributed by atoms with Gasteiger partial charge < -0.3 is 5.32 Å². The molecule has 1 atom stereocenters. The molecule has 0 aromatic heterocycles. The van der Waals surface area contributed by atoms with Crippen LogP contribution in [0.5, 0.6) is 0 Å². The highest BCUT2D eigenvalue weighted by atomic mass is 35.5. The quantitative estimate of drug-likeness (QED) is 0.813. The first-order valence-corrected chi connectivity index (χ1v) is 6.64. The fourth-order valence-electron chi connectivity index (χ4n) is 2.14. The number of hydrogen-bond acceptors (Lipinski definition) is 1. The number of benzene rings is 2. The first-order chi connectivity index (χ1) is 9.93. The molecule has 0 bridgehead atoms. The Morgan fingerprint density at radius 1 is 1.00 bits per heavy atom. The van der Waals surface area contributed by atoms with E-state index in [1.165, 1.54) is 12.1 Å². The van der Waals surface area contributed by atoms with Crippen molar-refractivity contribution >= 4 is 11.6 Å². The zero-order chi connectivity index (χ0) is 15.6. The van der Waals surface area contributed by atoms with Crippen LogP contribution in [0.1, 0.15) is 24.1 Å². The number of rotatable bonds is 4. The molecule has 0 spiro atoms. The third-order valence-corrected chi connectivity index (χ3v) is 3.25. The topological polar surface area (TPSA) is 12.0 Å². The monoisotopic (exact) mass is 317 g/mol. The third kappa shape index (κ3) is 3.36. The normalized spacial score (nSPS) is 12.5. The third-order valence-electron chi connectivity index (χ3n) is 3.01. The second-order valence-corrected chi connectivity index (χ2v) is 4.88. The van der Waals surface area contributed by atoms with E-state index >= 15 is 0 Å². The van der Waals surface area contributed by atoms with Crippen LogP contribution in [0.4, 0.5) is 17.6 Å². The van der Waals surface area contributed by atoms with E-state index in [-0.39, 0.29) is 10.6 Å². The molecule has 21 heavy (non-hydrogen) atoms. The minimum atomic E-state index is -1.08. The van der Waals surface area contributed by atoms with Gasteiger partial charge in [0.2, 0.25) is 0 Å². The minimum Gasteiger partial charge on any atom is -0.306 e. The van der Waals surface area contributed by atoms with Gasteiger partial charge in [-0.05, 0) is 18.7 Å². The molecule has 0 saturated carbocycles. The van der Waals surface area contributed by atoms with Crippen molar-refractivity contribution < 1.29 is 17.6 Å². The van der Waals surface area contributed by atoms with Crippen LogP contribution in [0.25, 0.3) is 0 Å². The highest BCUT2D eigenvalue weighted by Gasteiger charge is 2.24. The van der Waals surface area contributed by atoms with Crippen molar-refractivity contribution in [1.29, 1.82) is 0 Å². The number of hydrogen-bond donors (Lipinski definition) is 1. The van der Waals surface area contributed by atoms with Crippen molar-refractivity contribution in [2.24, 2.45) is 0 Å². The molecule has 0 amide bonds. The zero-order valence-electron chi connectivity index (χ0n) is 11.1. The molecule has 6 heteroatoms. The number of halogens is 5. The van der Waals surface area contributed by atoms with E-state index in [4.69, 9.17) is 11.6 Å². The first-order valence-electron chi connectivity index (χ1n) is 6.26. The summed E-state index contributed by atoms with van der Waals surface area (Å²) >= 11 is 5.67. The Kier molecular flexibility index (Phi) is 4.85. The summed E-state index contributed by atoms with van der Waals surface area (Å²) in [5.41, 5.74) is -0.398. The van der Waals surface area contributed by atoms with Crippen molar-refractivity contribution in [2.45, 2.75) is 13.0 Å². The van der Waals surface area contributed by atoms with Gasteiger partial charge in [0, 0.05) is 28.3 Å². The Morgan fingerprint density at radius 2 is 1.62 bits per heavy atom. The van der Waals surface area contributed by atoms with E-state index < -0.39 is 34.9 Å². The molecular weight excluding hydrogens is 306 g/mol. The summed E-state index contributed by atoms with van der Waals surface area (Å²) in [6, 6.07) is 3.87. The summed E-state index contributed by atoms with van der Waals surface area (Å²) in [7, 11) is 0. The van der Waals surface area contributed by atoms with Gasteiger partial charge in [0.05, 0.1) is 6.04 Å². The standard InChI is InChI=1S/C15H12ClF4N/c1-2-21-15(10-4-3-8(16)5-11(10)18)14-12(19)6-9(17)7-13(14)20/h3-7,15,21H,2H2,1H3. The van der Waals surface area contributed by atoms with Crippen LogP contribution >= 0.6 is 11.6 Å². The van der Waals surface area contributed by atoms with Gasteiger partial charge in [-0.25, -0.2) is 17.6 Å². The Hall–Kier alpha value is -1.59. The van der Waals surface area contributed by atoms with Gasteiger partial charge in [0.15, 0.2) is 0 Å². The van der Waals surface area contributed by atoms with Gasteiger partial charge in [-0.15, -0.1) is 0 Å². The molecule has 0 saturated heterocycles. The van der Waals surface area contributed by atoms with Gasteiger partial charge in [-0.2, -0.15) is 0 Å². The Balaban J connectivity index is 2.59. The van der Waals surface area contributed by atoms with Gasteiger partial charge in [-0.3, -0.25) is 0 Å². The van der Waals surface area contributed by atoms with Crippen LogP contribution < -0.4 is 5.32 Å². The first kappa shape index (κ1) is 15.8. The predicted molar refractivity (Wildman–Crippen MR) is 73.2 cm³/mol. The number of nitrogens with one attached hydrogen (secondary N) is 1. The smallest absolute Gasteiger partial charge is 0.134 e. The van der Waals surface area contributed by atoms with Crippen LogP contribution in [0.15, 0.2) is 30.3 Å². The fourth-order valence-corrected chi connectivity index (χ4v) is 2.30. The average Bonchev–Trinajstić information content (AvgIpc) is 2.37. The van der Waals surface area contributed by atoms with Gasteiger partial charge >= 0.3 is 0 Å². The van der Waals surface area contributed by atoms with E-state index in [0.717, 1.165) is 6.07 Å². The maximum absolute atomic E-state index is 14.0. The SMILES string of the molecule is CCNC(c1ccc(Cl)cc1F)c1c(F)cc(F)cc1F. The molecule has 0 radical (unpaired) electrons. The molecule has 2 rings (SSSR count). The molecule has 0 heterocycles. The van der Waals surface area contributed by atoms with Crippen LogP contribution in [0.2, 0.25) is 5.02 Å². The predicted octanol–water partition coefficient (Wildman–Crippen LogP) is 4.60. The summed E-state index contributed by atoms with van der Waals surface area (Å²) in [5, 5.41) is 2.96. The van der Waals surface area contributed by atoms with Gasteiger partial charge in [0.25, 0.3) is 0 Å². The van der Waals surface area contributed by atoms with E-state index in [9.17, 15) is 17.6 Å². The van der Waals surface area contributed by atoms with Crippen LogP contribution in [-0.2, 0) is 0 Å². The lowest BCUT2D eigenvalue weighted by Crippen LogP contribution is -2.25. The van der Waals surface area contributed by atoms with Crippen LogP contribution in [-0.4, -0.2) is 6.54 Å².